The van der Waals surface area contributed by atoms with Gasteiger partial charge < -0.3 is 5.32 Å². The highest BCUT2D eigenvalue weighted by Crippen LogP contribution is 2.42. The fraction of sp³-hybridized carbons (Fsp3) is 0.350. The number of rotatable bonds is 3. The highest BCUT2D eigenvalue weighted by Gasteiger charge is 2.54. The zero-order chi connectivity index (χ0) is 18.5. The predicted octanol–water partition coefficient (Wildman–Crippen LogP) is 3.33. The first-order valence-corrected chi connectivity index (χ1v) is 9.62. The molecule has 26 heavy (non-hydrogen) atoms. The number of Topliss-reactive ketones (excluding diaryl/α,β-unsaturated/α-hetero) is 1. The Kier molecular flexibility index (Phi) is 3.95. The minimum atomic E-state index is -0.993. The summed E-state index contributed by atoms with van der Waals surface area (Å²) in [6.45, 7) is 3.55. The van der Waals surface area contributed by atoms with Crippen molar-refractivity contribution in [1.82, 2.24) is 10.2 Å². The number of aryl methyl sites for hydroxylation is 3. The van der Waals surface area contributed by atoms with E-state index in [1.165, 1.54) is 0 Å². The van der Waals surface area contributed by atoms with Crippen LogP contribution in [0.1, 0.15) is 44.8 Å². The van der Waals surface area contributed by atoms with Crippen LogP contribution in [-0.2, 0) is 16.8 Å². The van der Waals surface area contributed by atoms with E-state index in [9.17, 15) is 14.4 Å². The molecule has 6 heteroatoms. The molecular weight excluding hydrogens is 348 g/mol. The Morgan fingerprint density at radius 2 is 2.08 bits per heavy atom. The van der Waals surface area contributed by atoms with Crippen molar-refractivity contribution in [2.75, 3.05) is 6.54 Å². The molecule has 2 aromatic rings. The van der Waals surface area contributed by atoms with Crippen molar-refractivity contribution in [3.05, 3.63) is 56.8 Å². The van der Waals surface area contributed by atoms with Gasteiger partial charge in [0.05, 0.1) is 6.54 Å². The molecule has 0 radical (unpaired) electrons. The van der Waals surface area contributed by atoms with Crippen molar-refractivity contribution >= 4 is 29.1 Å². The zero-order valence-electron chi connectivity index (χ0n) is 14.8. The van der Waals surface area contributed by atoms with Crippen LogP contribution in [-0.4, -0.2) is 29.2 Å². The summed E-state index contributed by atoms with van der Waals surface area (Å²) in [5, 5.41) is 4.85. The number of hydrogen-bond acceptors (Lipinski definition) is 4. The third kappa shape index (κ3) is 2.48. The summed E-state index contributed by atoms with van der Waals surface area (Å²) >= 11 is 1.62. The van der Waals surface area contributed by atoms with Gasteiger partial charge in [-0.05, 0) is 56.2 Å². The van der Waals surface area contributed by atoms with Crippen LogP contribution < -0.4 is 5.32 Å². The van der Waals surface area contributed by atoms with E-state index in [1.54, 1.807) is 11.3 Å². The SMILES string of the molecule is Cc1ccc(C)c(C(=O)CN2C(=O)N[C@@]3(CCCc4sccc43)C2=O)c1. The molecular formula is C20H20N2O3S. The number of nitrogens with one attached hydrogen (secondary N) is 1. The average Bonchev–Trinajstić information content (AvgIpc) is 3.18. The monoisotopic (exact) mass is 368 g/mol. The molecule has 2 heterocycles. The van der Waals surface area contributed by atoms with E-state index in [0.29, 0.717) is 12.0 Å². The number of fused-ring (bicyclic) bond motifs is 2. The van der Waals surface area contributed by atoms with Crippen molar-refractivity contribution < 1.29 is 14.4 Å². The van der Waals surface area contributed by atoms with E-state index in [0.717, 1.165) is 39.3 Å². The lowest BCUT2D eigenvalue weighted by atomic mass is 9.80. The van der Waals surface area contributed by atoms with Gasteiger partial charge in [-0.25, -0.2) is 4.79 Å². The standard InChI is InChI=1S/C20H20N2O3S/c1-12-5-6-13(2)14(10-12)16(23)11-22-18(24)20(21-19(22)25)8-3-4-17-15(20)7-9-26-17/h5-7,9-10H,3-4,8,11H2,1-2H3,(H,21,25)/t20-/m1/s1. The maximum atomic E-state index is 13.2. The Bertz CT molecular complexity index is 933. The van der Waals surface area contributed by atoms with E-state index in [4.69, 9.17) is 0 Å². The summed E-state index contributed by atoms with van der Waals surface area (Å²) in [6, 6.07) is 7.08. The van der Waals surface area contributed by atoms with E-state index >= 15 is 0 Å². The molecule has 1 aromatic carbocycles. The van der Waals surface area contributed by atoms with Gasteiger partial charge in [-0.2, -0.15) is 0 Å². The van der Waals surface area contributed by atoms with E-state index in [1.807, 2.05) is 43.5 Å². The van der Waals surface area contributed by atoms with E-state index in [-0.39, 0.29) is 18.2 Å². The predicted molar refractivity (Wildman–Crippen MR) is 99.4 cm³/mol. The van der Waals surface area contributed by atoms with Gasteiger partial charge in [-0.15, -0.1) is 11.3 Å². The molecule has 5 nitrogen and oxygen atoms in total. The number of imide groups is 1. The third-order valence-corrected chi connectivity index (χ3v) is 6.31. The van der Waals surface area contributed by atoms with Gasteiger partial charge in [0.2, 0.25) is 0 Å². The number of thiophene rings is 1. The number of benzene rings is 1. The molecule has 0 bridgehead atoms. The average molecular weight is 368 g/mol. The Morgan fingerprint density at radius 1 is 1.27 bits per heavy atom. The number of hydrogen-bond donors (Lipinski definition) is 1. The smallest absolute Gasteiger partial charge is 0.319 e. The summed E-state index contributed by atoms with van der Waals surface area (Å²) < 4.78 is 0. The molecule has 0 saturated carbocycles. The summed E-state index contributed by atoms with van der Waals surface area (Å²) in [4.78, 5) is 40.7. The second-order valence-electron chi connectivity index (χ2n) is 7.08. The van der Waals surface area contributed by atoms with E-state index < -0.39 is 11.6 Å². The minimum Gasteiger partial charge on any atom is -0.319 e. The van der Waals surface area contributed by atoms with Crippen molar-refractivity contribution in [3.8, 4) is 0 Å². The molecule has 1 saturated heterocycles. The molecule has 4 rings (SSSR count). The van der Waals surface area contributed by atoms with Crippen LogP contribution in [0, 0.1) is 13.8 Å². The lowest BCUT2D eigenvalue weighted by molar-refractivity contribution is -0.131. The number of ketones is 1. The highest BCUT2D eigenvalue weighted by molar-refractivity contribution is 7.10. The Labute approximate surface area is 156 Å². The molecule has 0 unspecified atom stereocenters. The first-order chi connectivity index (χ1) is 12.4. The fourth-order valence-electron chi connectivity index (χ4n) is 3.95. The number of carbonyl (C=O) groups is 3. The largest absolute Gasteiger partial charge is 0.325 e. The second kappa shape index (κ2) is 6.06. The summed E-state index contributed by atoms with van der Waals surface area (Å²) in [5.41, 5.74) is 2.29. The zero-order valence-corrected chi connectivity index (χ0v) is 15.6. The van der Waals surface area contributed by atoms with Crippen LogP contribution in [0.25, 0.3) is 0 Å². The van der Waals surface area contributed by atoms with Gasteiger partial charge in [-0.3, -0.25) is 14.5 Å². The second-order valence-corrected chi connectivity index (χ2v) is 8.08. The van der Waals surface area contributed by atoms with Crippen LogP contribution in [0.3, 0.4) is 0 Å². The molecule has 1 aliphatic carbocycles. The van der Waals surface area contributed by atoms with Crippen LogP contribution >= 0.6 is 11.3 Å². The molecule has 2 aliphatic rings. The van der Waals surface area contributed by atoms with Crippen molar-refractivity contribution in [2.24, 2.45) is 0 Å². The molecule has 1 atom stereocenters. The van der Waals surface area contributed by atoms with Gasteiger partial charge in [0.15, 0.2) is 5.78 Å². The lowest BCUT2D eigenvalue weighted by Crippen LogP contribution is -2.46. The van der Waals surface area contributed by atoms with Crippen LogP contribution in [0.2, 0.25) is 0 Å². The van der Waals surface area contributed by atoms with Crippen LogP contribution in [0.4, 0.5) is 4.79 Å². The summed E-state index contributed by atoms with van der Waals surface area (Å²) in [5.74, 6) is -0.520. The van der Waals surface area contributed by atoms with Gasteiger partial charge in [0, 0.05) is 16.0 Å². The fourth-order valence-corrected chi connectivity index (χ4v) is 4.95. The lowest BCUT2D eigenvalue weighted by Gasteiger charge is -2.31. The Hall–Kier alpha value is -2.47. The normalized spacial score (nSPS) is 21.8. The van der Waals surface area contributed by atoms with Gasteiger partial charge in [-0.1, -0.05) is 17.7 Å². The first-order valence-electron chi connectivity index (χ1n) is 8.74. The van der Waals surface area contributed by atoms with E-state index in [2.05, 4.69) is 5.32 Å². The number of carbonyl (C=O) groups excluding carboxylic acids is 3. The number of urea groups is 1. The molecule has 1 aliphatic heterocycles. The molecule has 1 fully saturated rings. The van der Waals surface area contributed by atoms with Gasteiger partial charge in [0.25, 0.3) is 5.91 Å². The number of nitrogens with zero attached hydrogens (tertiary/aromatic N) is 1. The van der Waals surface area contributed by atoms with Gasteiger partial charge >= 0.3 is 6.03 Å². The molecule has 1 N–H and O–H groups in total. The summed E-state index contributed by atoms with van der Waals surface area (Å²) in [6.07, 6.45) is 2.35. The molecule has 134 valence electrons. The number of amides is 3. The minimum absolute atomic E-state index is 0.215. The highest BCUT2D eigenvalue weighted by atomic mass is 32.1. The first kappa shape index (κ1) is 17.0. The quantitative estimate of drug-likeness (QED) is 0.667. The Balaban J connectivity index is 1.63. The maximum Gasteiger partial charge on any atom is 0.325 e. The van der Waals surface area contributed by atoms with Crippen molar-refractivity contribution in [2.45, 2.75) is 38.6 Å². The summed E-state index contributed by atoms with van der Waals surface area (Å²) in [7, 11) is 0. The van der Waals surface area contributed by atoms with Crippen molar-refractivity contribution in [3.63, 3.8) is 0 Å². The van der Waals surface area contributed by atoms with Crippen LogP contribution in [0.15, 0.2) is 29.6 Å². The van der Waals surface area contributed by atoms with Crippen LogP contribution in [0.5, 0.6) is 0 Å². The topological polar surface area (TPSA) is 66.5 Å². The molecule has 1 aromatic heterocycles. The van der Waals surface area contributed by atoms with Gasteiger partial charge in [0.1, 0.15) is 5.54 Å². The third-order valence-electron chi connectivity index (χ3n) is 5.33. The van der Waals surface area contributed by atoms with Crippen molar-refractivity contribution in [1.29, 1.82) is 0 Å². The molecule has 1 spiro atoms. The maximum absolute atomic E-state index is 13.2. The Morgan fingerprint density at radius 3 is 2.88 bits per heavy atom. The molecule has 3 amide bonds.